The molecular formula is C21H23NO2. The van der Waals surface area contributed by atoms with Crippen LogP contribution in [0.3, 0.4) is 0 Å². The van der Waals surface area contributed by atoms with Crippen LogP contribution in [0.5, 0.6) is 5.75 Å². The van der Waals surface area contributed by atoms with E-state index in [1.807, 2.05) is 38.1 Å². The fraction of sp³-hybridized carbons (Fsp3) is 0.381. The molecule has 1 saturated carbocycles. The van der Waals surface area contributed by atoms with Crippen LogP contribution in [0.2, 0.25) is 0 Å². The molecule has 0 aliphatic heterocycles. The van der Waals surface area contributed by atoms with E-state index >= 15 is 0 Å². The van der Waals surface area contributed by atoms with Crippen molar-refractivity contribution in [3.05, 3.63) is 53.6 Å². The van der Waals surface area contributed by atoms with E-state index in [1.54, 1.807) is 7.11 Å². The van der Waals surface area contributed by atoms with Crippen molar-refractivity contribution in [2.45, 2.75) is 39.2 Å². The fourth-order valence-electron chi connectivity index (χ4n) is 3.73. The Morgan fingerprint density at radius 1 is 1.12 bits per heavy atom. The van der Waals surface area contributed by atoms with Crippen molar-refractivity contribution in [3.8, 4) is 5.75 Å². The Labute approximate surface area is 143 Å². The summed E-state index contributed by atoms with van der Waals surface area (Å²) < 4.78 is 5.57. The van der Waals surface area contributed by atoms with Crippen LogP contribution in [-0.4, -0.2) is 18.9 Å². The quantitative estimate of drug-likeness (QED) is 0.813. The summed E-state index contributed by atoms with van der Waals surface area (Å²) in [5, 5.41) is 0. The minimum atomic E-state index is -0.282. The van der Waals surface area contributed by atoms with Crippen molar-refractivity contribution in [2.75, 3.05) is 12.0 Å². The molecule has 124 valence electrons. The molecule has 0 spiro atoms. The maximum absolute atomic E-state index is 12.5. The highest BCUT2D eigenvalue weighted by Gasteiger charge is 2.38. The number of hydrogen-bond donors (Lipinski definition) is 0. The lowest BCUT2D eigenvalue weighted by Crippen LogP contribution is -2.20. The number of ether oxygens (including phenoxy) is 1. The molecule has 0 saturated heterocycles. The Balaban J connectivity index is 1.78. The van der Waals surface area contributed by atoms with Crippen LogP contribution in [0.15, 0.2) is 42.5 Å². The Bertz CT molecular complexity index is 805. The molecule has 0 radical (unpaired) electrons. The first-order chi connectivity index (χ1) is 11.5. The van der Waals surface area contributed by atoms with Crippen LogP contribution < -0.4 is 9.64 Å². The van der Waals surface area contributed by atoms with Gasteiger partial charge in [-0.05, 0) is 55.2 Å². The highest BCUT2D eigenvalue weighted by atomic mass is 16.5. The van der Waals surface area contributed by atoms with Gasteiger partial charge in [-0.3, -0.25) is 4.79 Å². The molecule has 2 aromatic rings. The van der Waals surface area contributed by atoms with Crippen molar-refractivity contribution in [3.63, 3.8) is 0 Å². The predicted molar refractivity (Wildman–Crippen MR) is 96.4 cm³/mol. The number of ketones is 1. The van der Waals surface area contributed by atoms with Crippen LogP contribution in [0.1, 0.15) is 42.6 Å². The summed E-state index contributed by atoms with van der Waals surface area (Å²) in [6.07, 6.45) is 3.21. The third kappa shape index (κ3) is 2.39. The van der Waals surface area contributed by atoms with Gasteiger partial charge in [0.1, 0.15) is 5.75 Å². The van der Waals surface area contributed by atoms with E-state index in [1.165, 1.54) is 18.4 Å². The number of nitrogens with zero attached hydrogens (tertiary/aromatic N) is 1. The van der Waals surface area contributed by atoms with Crippen LogP contribution in [-0.2, 0) is 6.42 Å². The fourth-order valence-corrected chi connectivity index (χ4v) is 3.73. The predicted octanol–water partition coefficient (Wildman–Crippen LogP) is 4.76. The van der Waals surface area contributed by atoms with Gasteiger partial charge in [-0.1, -0.05) is 26.0 Å². The Hall–Kier alpha value is -2.29. The summed E-state index contributed by atoms with van der Waals surface area (Å²) in [5.74, 6) is 1.15. The van der Waals surface area contributed by atoms with Gasteiger partial charge in [-0.15, -0.1) is 0 Å². The number of Topliss-reactive ketones (excluding diaryl/α,β-unsaturated/α-hetero) is 1. The van der Waals surface area contributed by atoms with Gasteiger partial charge in [-0.2, -0.15) is 0 Å². The van der Waals surface area contributed by atoms with Crippen molar-refractivity contribution in [1.29, 1.82) is 0 Å². The summed E-state index contributed by atoms with van der Waals surface area (Å²) in [4.78, 5) is 14.9. The molecule has 1 fully saturated rings. The number of rotatable bonds is 4. The summed E-state index contributed by atoms with van der Waals surface area (Å²) in [5.41, 5.74) is 4.04. The average Bonchev–Trinajstić information content (AvgIpc) is 3.36. The van der Waals surface area contributed by atoms with Crippen LogP contribution in [0.4, 0.5) is 11.4 Å². The standard InChI is InChI=1S/C21H23NO2/c1-21(2)13-14-12-16(10-11-17(14)20(21)23)22(15-8-9-15)18-6-4-5-7-19(18)24-3/h4-7,10-12,15H,8-9,13H2,1-3H3. The topological polar surface area (TPSA) is 29.5 Å². The largest absolute Gasteiger partial charge is 0.495 e. The smallest absolute Gasteiger partial charge is 0.169 e. The molecule has 0 aromatic heterocycles. The zero-order chi connectivity index (χ0) is 16.9. The minimum Gasteiger partial charge on any atom is -0.495 e. The number of carbonyl (C=O) groups excluding carboxylic acids is 1. The van der Waals surface area contributed by atoms with Gasteiger partial charge in [0.25, 0.3) is 0 Å². The van der Waals surface area contributed by atoms with Crippen LogP contribution in [0.25, 0.3) is 0 Å². The SMILES string of the molecule is COc1ccccc1N(c1ccc2c(c1)CC(C)(C)C2=O)C1CC1. The van der Waals surface area contributed by atoms with Crippen LogP contribution in [0, 0.1) is 5.41 Å². The highest BCUT2D eigenvalue weighted by molar-refractivity contribution is 6.04. The number of fused-ring (bicyclic) bond motifs is 1. The molecule has 0 bridgehead atoms. The number of para-hydroxylation sites is 2. The summed E-state index contributed by atoms with van der Waals surface area (Å²) in [6, 6.07) is 15.0. The van der Waals surface area contributed by atoms with Crippen LogP contribution >= 0.6 is 0 Å². The monoisotopic (exact) mass is 321 g/mol. The van der Waals surface area contributed by atoms with Crippen molar-refractivity contribution in [1.82, 2.24) is 0 Å². The Morgan fingerprint density at radius 2 is 1.88 bits per heavy atom. The van der Waals surface area contributed by atoms with E-state index in [-0.39, 0.29) is 11.2 Å². The molecule has 0 amide bonds. The molecule has 3 nitrogen and oxygen atoms in total. The summed E-state index contributed by atoms with van der Waals surface area (Å²) in [7, 11) is 1.72. The van der Waals surface area contributed by atoms with Gasteiger partial charge < -0.3 is 9.64 Å². The van der Waals surface area contributed by atoms with E-state index in [9.17, 15) is 4.79 Å². The highest BCUT2D eigenvalue weighted by Crippen LogP contribution is 2.44. The second-order valence-electron chi connectivity index (χ2n) is 7.50. The molecule has 4 rings (SSSR count). The zero-order valence-corrected chi connectivity index (χ0v) is 14.5. The molecule has 2 aromatic carbocycles. The van der Waals surface area contributed by atoms with Gasteiger partial charge in [0.2, 0.25) is 0 Å². The number of benzene rings is 2. The van der Waals surface area contributed by atoms with E-state index in [0.717, 1.165) is 29.1 Å². The molecule has 0 atom stereocenters. The van der Waals surface area contributed by atoms with E-state index in [0.29, 0.717) is 6.04 Å². The molecular weight excluding hydrogens is 298 g/mol. The lowest BCUT2D eigenvalue weighted by Gasteiger charge is -2.27. The molecule has 0 heterocycles. The molecule has 2 aliphatic rings. The number of carbonyl (C=O) groups is 1. The van der Waals surface area contributed by atoms with Crippen molar-refractivity contribution >= 4 is 17.2 Å². The third-order valence-corrected chi connectivity index (χ3v) is 5.12. The number of hydrogen-bond acceptors (Lipinski definition) is 3. The van der Waals surface area contributed by atoms with Gasteiger partial charge in [0.15, 0.2) is 5.78 Å². The van der Waals surface area contributed by atoms with Gasteiger partial charge in [-0.25, -0.2) is 0 Å². The number of anilines is 2. The third-order valence-electron chi connectivity index (χ3n) is 5.12. The Morgan fingerprint density at radius 3 is 2.58 bits per heavy atom. The van der Waals surface area contributed by atoms with Crippen molar-refractivity contribution in [2.24, 2.45) is 5.41 Å². The van der Waals surface area contributed by atoms with Crippen molar-refractivity contribution < 1.29 is 9.53 Å². The normalized spacial score (nSPS) is 18.4. The van der Waals surface area contributed by atoms with Gasteiger partial charge in [0.05, 0.1) is 12.8 Å². The molecule has 24 heavy (non-hydrogen) atoms. The van der Waals surface area contributed by atoms with E-state index in [4.69, 9.17) is 4.74 Å². The second-order valence-corrected chi connectivity index (χ2v) is 7.50. The first kappa shape index (κ1) is 15.3. The maximum atomic E-state index is 12.5. The maximum Gasteiger partial charge on any atom is 0.169 e. The minimum absolute atomic E-state index is 0.263. The molecule has 3 heteroatoms. The Kier molecular flexibility index (Phi) is 3.41. The van der Waals surface area contributed by atoms with E-state index in [2.05, 4.69) is 23.1 Å². The van der Waals surface area contributed by atoms with Gasteiger partial charge in [0, 0.05) is 22.7 Å². The van der Waals surface area contributed by atoms with E-state index < -0.39 is 0 Å². The molecule has 2 aliphatic carbocycles. The second kappa shape index (κ2) is 5.37. The summed E-state index contributed by atoms with van der Waals surface area (Å²) in [6.45, 7) is 4.07. The summed E-state index contributed by atoms with van der Waals surface area (Å²) >= 11 is 0. The first-order valence-corrected chi connectivity index (χ1v) is 8.61. The first-order valence-electron chi connectivity index (χ1n) is 8.61. The lowest BCUT2D eigenvalue weighted by atomic mass is 9.89. The molecule has 0 N–H and O–H groups in total. The molecule has 0 unspecified atom stereocenters. The lowest BCUT2D eigenvalue weighted by molar-refractivity contribution is 0.0863. The number of methoxy groups -OCH3 is 1. The average molecular weight is 321 g/mol. The van der Waals surface area contributed by atoms with Gasteiger partial charge >= 0.3 is 0 Å². The zero-order valence-electron chi connectivity index (χ0n) is 14.5.